The van der Waals surface area contributed by atoms with Crippen LogP contribution in [-0.2, 0) is 7.05 Å². The lowest BCUT2D eigenvalue weighted by Crippen LogP contribution is -2.41. The summed E-state index contributed by atoms with van der Waals surface area (Å²) in [6, 6.07) is 5.99. The number of likely N-dealkylation sites (tertiary alicyclic amines) is 1. The molecule has 0 bridgehead atoms. The highest BCUT2D eigenvalue weighted by molar-refractivity contribution is 5.87. The summed E-state index contributed by atoms with van der Waals surface area (Å²) >= 11 is 0. The summed E-state index contributed by atoms with van der Waals surface area (Å²) in [5.41, 5.74) is 9.16. The molecule has 5 heteroatoms. The zero-order valence-corrected chi connectivity index (χ0v) is 12.4. The van der Waals surface area contributed by atoms with E-state index >= 15 is 0 Å². The molecule has 1 saturated heterocycles. The summed E-state index contributed by atoms with van der Waals surface area (Å²) in [4.78, 5) is 12.6. The third-order valence-corrected chi connectivity index (χ3v) is 4.62. The smallest absolute Gasteiger partial charge is 0.407 e. The molecule has 1 aromatic heterocycles. The Morgan fingerprint density at radius 3 is 2.86 bits per heavy atom. The summed E-state index contributed by atoms with van der Waals surface area (Å²) in [5.74, 6) is 0.688. The second kappa shape index (κ2) is 4.98. The van der Waals surface area contributed by atoms with Gasteiger partial charge in [-0.25, -0.2) is 4.79 Å². The number of aromatic nitrogens is 1. The van der Waals surface area contributed by atoms with Gasteiger partial charge in [-0.1, -0.05) is 6.92 Å². The van der Waals surface area contributed by atoms with Gasteiger partial charge in [0, 0.05) is 42.9 Å². The van der Waals surface area contributed by atoms with Crippen LogP contribution in [0.3, 0.4) is 0 Å². The van der Waals surface area contributed by atoms with Crippen molar-refractivity contribution in [1.29, 1.82) is 0 Å². The fourth-order valence-electron chi connectivity index (χ4n) is 3.52. The first kappa shape index (κ1) is 13.8. The zero-order valence-electron chi connectivity index (χ0n) is 12.4. The lowest BCUT2D eigenvalue weighted by atomic mass is 9.81. The Morgan fingerprint density at radius 2 is 2.19 bits per heavy atom. The van der Waals surface area contributed by atoms with Crippen molar-refractivity contribution < 1.29 is 9.90 Å². The Labute approximate surface area is 124 Å². The summed E-state index contributed by atoms with van der Waals surface area (Å²) in [6.07, 6.45) is 2.21. The maximum Gasteiger partial charge on any atom is 0.407 e. The van der Waals surface area contributed by atoms with Crippen LogP contribution in [0.5, 0.6) is 0 Å². The Balaban J connectivity index is 1.98. The van der Waals surface area contributed by atoms with Gasteiger partial charge in [0.15, 0.2) is 0 Å². The van der Waals surface area contributed by atoms with Crippen molar-refractivity contribution in [2.45, 2.75) is 19.3 Å². The van der Waals surface area contributed by atoms with Crippen molar-refractivity contribution >= 4 is 22.7 Å². The molecule has 0 aliphatic carbocycles. The predicted octanol–water partition coefficient (Wildman–Crippen LogP) is 2.86. The fraction of sp³-hybridized carbons (Fsp3) is 0.438. The molecule has 2 aromatic rings. The highest BCUT2D eigenvalue weighted by Gasteiger charge is 2.31. The van der Waals surface area contributed by atoms with Gasteiger partial charge in [-0.15, -0.1) is 0 Å². The number of carboxylic acid groups (broad SMARTS) is 1. The molecular weight excluding hydrogens is 266 g/mol. The molecular formula is C16H21N3O2. The minimum absolute atomic E-state index is 0.307. The molecule has 0 radical (unpaired) electrons. The van der Waals surface area contributed by atoms with Gasteiger partial charge in [0.2, 0.25) is 0 Å². The van der Waals surface area contributed by atoms with E-state index < -0.39 is 6.09 Å². The van der Waals surface area contributed by atoms with Crippen LogP contribution in [0.15, 0.2) is 24.4 Å². The summed E-state index contributed by atoms with van der Waals surface area (Å²) in [5, 5.41) is 10.3. The van der Waals surface area contributed by atoms with E-state index in [1.807, 2.05) is 25.2 Å². The number of anilines is 1. The van der Waals surface area contributed by atoms with Gasteiger partial charge in [0.25, 0.3) is 0 Å². The molecule has 2 unspecified atom stereocenters. The summed E-state index contributed by atoms with van der Waals surface area (Å²) in [6.45, 7) is 3.33. The third kappa shape index (κ3) is 2.33. The van der Waals surface area contributed by atoms with Gasteiger partial charge < -0.3 is 20.3 Å². The van der Waals surface area contributed by atoms with Crippen LogP contribution in [0.25, 0.3) is 10.9 Å². The van der Waals surface area contributed by atoms with Crippen LogP contribution in [0, 0.1) is 5.92 Å². The van der Waals surface area contributed by atoms with Crippen LogP contribution >= 0.6 is 0 Å². The summed E-state index contributed by atoms with van der Waals surface area (Å²) < 4.78 is 2.13. The van der Waals surface area contributed by atoms with E-state index in [9.17, 15) is 4.79 Å². The average Bonchev–Trinajstić information content (AvgIpc) is 2.75. The molecule has 1 aliphatic rings. The van der Waals surface area contributed by atoms with Crippen LogP contribution in [0.1, 0.15) is 24.8 Å². The van der Waals surface area contributed by atoms with Crippen molar-refractivity contribution in [2.24, 2.45) is 13.0 Å². The molecule has 112 valence electrons. The number of nitrogens with two attached hydrogens (primary N) is 1. The van der Waals surface area contributed by atoms with Crippen molar-refractivity contribution in [3.63, 3.8) is 0 Å². The second-order valence-corrected chi connectivity index (χ2v) is 6.07. The van der Waals surface area contributed by atoms with Crippen LogP contribution in [0.2, 0.25) is 0 Å². The van der Waals surface area contributed by atoms with Gasteiger partial charge in [-0.2, -0.15) is 0 Å². The minimum atomic E-state index is -0.817. The lowest BCUT2D eigenvalue weighted by Gasteiger charge is -2.35. The second-order valence-electron chi connectivity index (χ2n) is 6.07. The Morgan fingerprint density at radius 1 is 1.43 bits per heavy atom. The van der Waals surface area contributed by atoms with Crippen molar-refractivity contribution in [3.05, 3.63) is 30.0 Å². The molecule has 1 fully saturated rings. The molecule has 1 aliphatic heterocycles. The lowest BCUT2D eigenvalue weighted by molar-refractivity contribution is 0.116. The maximum atomic E-state index is 11.1. The van der Waals surface area contributed by atoms with Gasteiger partial charge in [-0.05, 0) is 42.0 Å². The topological polar surface area (TPSA) is 71.5 Å². The Kier molecular flexibility index (Phi) is 3.27. The number of aryl methyl sites for hydroxylation is 1. The first-order valence-corrected chi connectivity index (χ1v) is 7.29. The number of nitrogens with zero attached hydrogens (tertiary/aromatic N) is 2. The van der Waals surface area contributed by atoms with Crippen LogP contribution in [-0.4, -0.2) is 33.8 Å². The quantitative estimate of drug-likeness (QED) is 0.792. The molecule has 2 heterocycles. The van der Waals surface area contributed by atoms with Crippen molar-refractivity contribution in [3.8, 4) is 0 Å². The standard InChI is InChI=1S/C16H21N3O2/c1-10-8-19(16(20)21)6-5-12(10)14-9-18(2)15-4-3-11(17)7-13(14)15/h3-4,7,9-10,12H,5-6,8,17H2,1-2H3,(H,20,21). The molecule has 0 spiro atoms. The van der Waals surface area contributed by atoms with Crippen LogP contribution in [0.4, 0.5) is 10.5 Å². The predicted molar refractivity (Wildman–Crippen MR) is 83.5 cm³/mol. The largest absolute Gasteiger partial charge is 0.465 e. The molecule has 3 N–H and O–H groups in total. The number of amides is 1. The van der Waals surface area contributed by atoms with E-state index in [-0.39, 0.29) is 0 Å². The molecule has 1 amide bonds. The molecule has 5 nitrogen and oxygen atoms in total. The number of hydrogen-bond acceptors (Lipinski definition) is 2. The number of nitrogen functional groups attached to an aromatic ring is 1. The molecule has 1 aromatic carbocycles. The highest BCUT2D eigenvalue weighted by atomic mass is 16.4. The van der Waals surface area contributed by atoms with Crippen molar-refractivity contribution in [2.75, 3.05) is 18.8 Å². The third-order valence-electron chi connectivity index (χ3n) is 4.62. The van der Waals surface area contributed by atoms with Gasteiger partial charge in [-0.3, -0.25) is 0 Å². The fourth-order valence-corrected chi connectivity index (χ4v) is 3.52. The average molecular weight is 287 g/mol. The number of hydrogen-bond donors (Lipinski definition) is 2. The van der Waals surface area contributed by atoms with Gasteiger partial charge in [0.1, 0.15) is 0 Å². The number of benzene rings is 1. The Hall–Kier alpha value is -2.17. The van der Waals surface area contributed by atoms with E-state index in [1.54, 1.807) is 0 Å². The molecule has 0 saturated carbocycles. The van der Waals surface area contributed by atoms with E-state index in [2.05, 4.69) is 17.7 Å². The minimum Gasteiger partial charge on any atom is -0.465 e. The van der Waals surface area contributed by atoms with E-state index in [0.29, 0.717) is 24.9 Å². The molecule has 3 rings (SSSR count). The van der Waals surface area contributed by atoms with E-state index in [0.717, 1.165) is 12.1 Å². The van der Waals surface area contributed by atoms with Crippen LogP contribution < -0.4 is 5.73 Å². The maximum absolute atomic E-state index is 11.1. The SMILES string of the molecule is CC1CN(C(=O)O)CCC1c1cn(C)c2ccc(N)cc12. The zero-order chi connectivity index (χ0) is 15.1. The number of carbonyl (C=O) groups is 1. The number of piperidine rings is 1. The first-order chi connectivity index (χ1) is 9.97. The Bertz CT molecular complexity index is 692. The number of rotatable bonds is 1. The first-order valence-electron chi connectivity index (χ1n) is 7.29. The normalized spacial score (nSPS) is 22.7. The molecule has 21 heavy (non-hydrogen) atoms. The van der Waals surface area contributed by atoms with Gasteiger partial charge in [0.05, 0.1) is 0 Å². The molecule has 2 atom stereocenters. The summed E-state index contributed by atoms with van der Waals surface area (Å²) in [7, 11) is 2.04. The highest BCUT2D eigenvalue weighted by Crippen LogP contribution is 2.38. The van der Waals surface area contributed by atoms with Gasteiger partial charge >= 0.3 is 6.09 Å². The van der Waals surface area contributed by atoms with E-state index in [4.69, 9.17) is 10.8 Å². The number of fused-ring (bicyclic) bond motifs is 1. The monoisotopic (exact) mass is 287 g/mol. The van der Waals surface area contributed by atoms with Crippen molar-refractivity contribution in [1.82, 2.24) is 9.47 Å². The van der Waals surface area contributed by atoms with E-state index in [1.165, 1.54) is 21.4 Å².